The number of fused-ring (bicyclic) bond motifs is 1. The van der Waals surface area contributed by atoms with E-state index in [-0.39, 0.29) is 0 Å². The van der Waals surface area contributed by atoms with Gasteiger partial charge in [-0.2, -0.15) is 0 Å². The van der Waals surface area contributed by atoms with Crippen LogP contribution in [-0.4, -0.2) is 11.5 Å². The second-order valence-corrected chi connectivity index (χ2v) is 6.55. The van der Waals surface area contributed by atoms with Gasteiger partial charge < -0.3 is 22.5 Å². The summed E-state index contributed by atoms with van der Waals surface area (Å²) in [7, 11) is 0. The molecular weight excluding hydrogens is 330 g/mol. The number of aromatic nitrogens is 1. The van der Waals surface area contributed by atoms with Crippen LogP contribution in [0.3, 0.4) is 0 Å². The Morgan fingerprint density at radius 1 is 1.24 bits per heavy atom. The van der Waals surface area contributed by atoms with Crippen molar-refractivity contribution in [2.45, 2.75) is 6.42 Å². The van der Waals surface area contributed by atoms with Crippen molar-refractivity contribution < 1.29 is 0 Å². The Morgan fingerprint density at radius 3 is 2.88 bits per heavy atom. The first-order chi connectivity index (χ1) is 12.2. The lowest BCUT2D eigenvalue weighted by molar-refractivity contribution is 0.980. The molecule has 0 amide bonds. The van der Waals surface area contributed by atoms with Gasteiger partial charge in [0.2, 0.25) is 0 Å². The summed E-state index contributed by atoms with van der Waals surface area (Å²) in [4.78, 5) is 5.69. The third-order valence-corrected chi connectivity index (χ3v) is 4.70. The fraction of sp³-hybridized carbons (Fsp3) is 0.105. The molecule has 0 aliphatic heterocycles. The monoisotopic (exact) mass is 351 g/mol. The molecule has 0 aliphatic rings. The van der Waals surface area contributed by atoms with Crippen molar-refractivity contribution in [3.05, 3.63) is 65.8 Å². The number of nitrogens with zero attached hydrogens (tertiary/aromatic N) is 1. The van der Waals surface area contributed by atoms with Gasteiger partial charge in [-0.15, -0.1) is 11.3 Å². The standard InChI is InChI=1S/C19H21N5S/c20-8-1-3-14(21)7-9-23-16-12-19(22)24-17-11-13(5-6-15(16)17)18-4-2-10-25-18/h1-6,8,10-12H,7,9,20-21H2,(H3,22,23,24)/b8-1-,14-3-. The number of nitrogens with one attached hydrogen (secondary N) is 1. The first kappa shape index (κ1) is 16.9. The van der Waals surface area contributed by atoms with Crippen LogP contribution in [0.4, 0.5) is 11.5 Å². The minimum atomic E-state index is 0.493. The maximum atomic E-state index is 5.98. The van der Waals surface area contributed by atoms with Gasteiger partial charge in [0.1, 0.15) is 5.82 Å². The highest BCUT2D eigenvalue weighted by Crippen LogP contribution is 2.31. The Bertz CT molecular complexity index is 913. The molecule has 0 unspecified atom stereocenters. The highest BCUT2D eigenvalue weighted by Gasteiger charge is 2.07. The van der Waals surface area contributed by atoms with Crippen molar-refractivity contribution in [1.29, 1.82) is 0 Å². The zero-order chi connectivity index (χ0) is 17.6. The van der Waals surface area contributed by atoms with Crippen molar-refractivity contribution >= 4 is 33.7 Å². The molecule has 3 aromatic rings. The predicted molar refractivity (Wildman–Crippen MR) is 108 cm³/mol. The van der Waals surface area contributed by atoms with E-state index in [9.17, 15) is 0 Å². The van der Waals surface area contributed by atoms with E-state index in [4.69, 9.17) is 17.2 Å². The van der Waals surface area contributed by atoms with Crippen LogP contribution in [-0.2, 0) is 0 Å². The summed E-state index contributed by atoms with van der Waals surface area (Å²) in [6.45, 7) is 0.700. The predicted octanol–water partition coefficient (Wildman–Crippen LogP) is 3.66. The smallest absolute Gasteiger partial charge is 0.126 e. The molecule has 25 heavy (non-hydrogen) atoms. The number of thiophene rings is 1. The Labute approximate surface area is 150 Å². The number of hydrogen-bond acceptors (Lipinski definition) is 6. The summed E-state index contributed by atoms with van der Waals surface area (Å²) in [5, 5.41) is 6.50. The van der Waals surface area contributed by atoms with E-state index in [2.05, 4.69) is 39.9 Å². The van der Waals surface area contributed by atoms with Crippen molar-refractivity contribution in [2.75, 3.05) is 17.6 Å². The van der Waals surface area contributed by atoms with E-state index < -0.39 is 0 Å². The number of nitrogen functional groups attached to an aromatic ring is 1. The molecule has 128 valence electrons. The first-order valence-corrected chi connectivity index (χ1v) is 8.86. The van der Waals surface area contributed by atoms with Crippen molar-refractivity contribution in [1.82, 2.24) is 4.98 Å². The number of hydrogen-bond donors (Lipinski definition) is 4. The Morgan fingerprint density at radius 2 is 2.12 bits per heavy atom. The van der Waals surface area contributed by atoms with E-state index in [1.54, 1.807) is 23.5 Å². The largest absolute Gasteiger partial charge is 0.405 e. The summed E-state index contributed by atoms with van der Waals surface area (Å²) in [6, 6.07) is 12.3. The number of benzene rings is 1. The highest BCUT2D eigenvalue weighted by molar-refractivity contribution is 7.13. The summed E-state index contributed by atoms with van der Waals surface area (Å²) in [5.74, 6) is 0.493. The number of anilines is 2. The van der Waals surface area contributed by atoms with E-state index in [1.807, 2.05) is 12.1 Å². The lowest BCUT2D eigenvalue weighted by Gasteiger charge is -2.11. The normalized spacial score (nSPS) is 12.1. The molecule has 0 bridgehead atoms. The van der Waals surface area contributed by atoms with E-state index >= 15 is 0 Å². The van der Waals surface area contributed by atoms with Crippen LogP contribution in [0.15, 0.2) is 65.8 Å². The highest BCUT2D eigenvalue weighted by atomic mass is 32.1. The van der Waals surface area contributed by atoms with Crippen molar-refractivity contribution in [2.24, 2.45) is 11.5 Å². The zero-order valence-corrected chi connectivity index (χ0v) is 14.6. The molecule has 5 nitrogen and oxygen atoms in total. The Balaban J connectivity index is 1.83. The van der Waals surface area contributed by atoms with Crippen LogP contribution in [0.2, 0.25) is 0 Å². The average molecular weight is 351 g/mol. The van der Waals surface area contributed by atoms with Crippen LogP contribution in [0.5, 0.6) is 0 Å². The lowest BCUT2D eigenvalue weighted by Crippen LogP contribution is -2.08. The lowest BCUT2D eigenvalue weighted by atomic mass is 10.1. The molecule has 7 N–H and O–H groups in total. The fourth-order valence-electron chi connectivity index (χ4n) is 2.60. The van der Waals surface area contributed by atoms with Gasteiger partial charge in [-0.3, -0.25) is 0 Å². The number of pyridine rings is 1. The molecule has 0 spiro atoms. The topological polar surface area (TPSA) is 103 Å². The molecular formula is C19H21N5S. The molecule has 0 radical (unpaired) electrons. The van der Waals surface area contributed by atoms with Crippen LogP contribution < -0.4 is 22.5 Å². The SMILES string of the molecule is N/C=C\C=C(/N)CCNc1cc(N)nc2cc(-c3cccs3)ccc12. The van der Waals surface area contributed by atoms with Crippen molar-refractivity contribution in [3.63, 3.8) is 0 Å². The van der Waals surface area contributed by atoms with Gasteiger partial charge in [0.05, 0.1) is 5.52 Å². The third kappa shape index (κ3) is 4.10. The Hall–Kier alpha value is -2.99. The second kappa shape index (κ2) is 7.72. The van der Waals surface area contributed by atoms with Gasteiger partial charge in [-0.05, 0) is 41.4 Å². The molecule has 0 atom stereocenters. The van der Waals surface area contributed by atoms with Crippen LogP contribution >= 0.6 is 11.3 Å². The quantitative estimate of drug-likeness (QED) is 0.508. The number of rotatable bonds is 6. The molecule has 0 aliphatic carbocycles. The van der Waals surface area contributed by atoms with Gasteiger partial charge >= 0.3 is 0 Å². The molecule has 1 aromatic carbocycles. The molecule has 2 heterocycles. The minimum Gasteiger partial charge on any atom is -0.405 e. The Kier molecular flexibility index (Phi) is 5.20. The van der Waals surface area contributed by atoms with Gasteiger partial charge in [-0.25, -0.2) is 4.98 Å². The van der Waals surface area contributed by atoms with Gasteiger partial charge in [0, 0.05) is 40.7 Å². The van der Waals surface area contributed by atoms with Crippen LogP contribution in [0, 0.1) is 0 Å². The van der Waals surface area contributed by atoms with Crippen LogP contribution in [0.25, 0.3) is 21.3 Å². The van der Waals surface area contributed by atoms with Crippen LogP contribution in [0.1, 0.15) is 6.42 Å². The van der Waals surface area contributed by atoms with Gasteiger partial charge in [0.15, 0.2) is 0 Å². The maximum absolute atomic E-state index is 5.98. The van der Waals surface area contributed by atoms with E-state index in [0.29, 0.717) is 18.8 Å². The molecule has 3 rings (SSSR count). The average Bonchev–Trinajstić information content (AvgIpc) is 3.14. The van der Waals surface area contributed by atoms with E-state index in [0.717, 1.165) is 27.9 Å². The maximum Gasteiger partial charge on any atom is 0.126 e. The number of allylic oxidation sites excluding steroid dienone is 2. The summed E-state index contributed by atoms with van der Waals surface area (Å²) in [5.41, 5.74) is 21.0. The first-order valence-electron chi connectivity index (χ1n) is 7.98. The summed E-state index contributed by atoms with van der Waals surface area (Å²) >= 11 is 1.71. The molecule has 6 heteroatoms. The fourth-order valence-corrected chi connectivity index (χ4v) is 3.32. The molecule has 0 fully saturated rings. The van der Waals surface area contributed by atoms with E-state index in [1.165, 1.54) is 11.1 Å². The molecule has 2 aromatic heterocycles. The minimum absolute atomic E-state index is 0.493. The molecule has 0 saturated heterocycles. The second-order valence-electron chi connectivity index (χ2n) is 5.61. The zero-order valence-electron chi connectivity index (χ0n) is 13.8. The summed E-state index contributed by atoms with van der Waals surface area (Å²) in [6.07, 6.45) is 5.69. The summed E-state index contributed by atoms with van der Waals surface area (Å²) < 4.78 is 0. The van der Waals surface area contributed by atoms with Gasteiger partial charge in [0.25, 0.3) is 0 Å². The molecule has 0 saturated carbocycles. The van der Waals surface area contributed by atoms with Gasteiger partial charge in [-0.1, -0.05) is 18.2 Å². The third-order valence-electron chi connectivity index (χ3n) is 3.79. The number of nitrogens with two attached hydrogens (primary N) is 3. The van der Waals surface area contributed by atoms with Crippen molar-refractivity contribution in [3.8, 4) is 10.4 Å².